The molecule has 0 aliphatic rings. The Hall–Kier alpha value is -0.453. The first kappa shape index (κ1) is 37.6. The SMILES string of the molecule is CC.CC.Cc1cccc(C)n1.[CH3-].[CH3-].[Rh].[Rh].c1ccncc1. The van der Waals surface area contributed by atoms with E-state index in [9.17, 15) is 0 Å². The maximum Gasteiger partial charge on any atom is 0.0375 e. The van der Waals surface area contributed by atoms with Gasteiger partial charge in [0.1, 0.15) is 0 Å². The van der Waals surface area contributed by atoms with E-state index in [1.807, 2.05) is 77.9 Å². The van der Waals surface area contributed by atoms with E-state index >= 15 is 0 Å². The molecule has 0 N–H and O–H groups in total. The number of rotatable bonds is 0. The summed E-state index contributed by atoms with van der Waals surface area (Å²) < 4.78 is 0. The number of aromatic nitrogens is 2. The molecule has 2 aromatic heterocycles. The molecule has 22 heavy (non-hydrogen) atoms. The number of pyridine rings is 2. The molecular weight excluding hydrogens is 450 g/mol. The van der Waals surface area contributed by atoms with Crippen LogP contribution in [0.1, 0.15) is 39.1 Å². The van der Waals surface area contributed by atoms with Gasteiger partial charge in [-0.2, -0.15) is 0 Å². The zero-order chi connectivity index (χ0) is 14.2. The molecule has 0 amide bonds. The van der Waals surface area contributed by atoms with Crippen LogP contribution in [-0.4, -0.2) is 9.97 Å². The molecule has 0 aliphatic heterocycles. The zero-order valence-corrected chi connectivity index (χ0v) is 18.5. The standard InChI is InChI=1S/C7H9N.C5H5N.2C2H6.2CH3.2Rh/c1-6-4-3-5-7(2)8-6;1-2-4-6-5-3-1;2*1-2;;;;/h3-5H,1-2H3;1-5H;2*1-2H3;2*1H3;;/q;;;;2*-1;;. The normalized spacial score (nSPS) is 6.09. The van der Waals surface area contributed by atoms with E-state index in [1.165, 1.54) is 0 Å². The Morgan fingerprint density at radius 1 is 0.636 bits per heavy atom. The van der Waals surface area contributed by atoms with E-state index in [0.29, 0.717) is 0 Å². The molecule has 0 aromatic carbocycles. The molecule has 2 aromatic rings. The minimum atomic E-state index is 0. The fraction of sp³-hybridized carbons (Fsp3) is 0.333. The average Bonchev–Trinajstić information content (AvgIpc) is 2.45. The molecular formula is C18H32N2Rh2-2. The molecule has 134 valence electrons. The predicted molar refractivity (Wildman–Crippen MR) is 93.5 cm³/mol. The van der Waals surface area contributed by atoms with Gasteiger partial charge in [-0.15, -0.1) is 0 Å². The van der Waals surface area contributed by atoms with Gasteiger partial charge in [0.2, 0.25) is 0 Å². The van der Waals surface area contributed by atoms with E-state index in [2.05, 4.69) is 9.97 Å². The molecule has 0 atom stereocenters. The number of nitrogens with zero attached hydrogens (tertiary/aromatic N) is 2. The summed E-state index contributed by atoms with van der Waals surface area (Å²) in [5.74, 6) is 0. The second-order valence-corrected chi connectivity index (χ2v) is 2.94. The third kappa shape index (κ3) is 27.8. The van der Waals surface area contributed by atoms with Crippen molar-refractivity contribution in [2.75, 3.05) is 0 Å². The van der Waals surface area contributed by atoms with Crippen molar-refractivity contribution in [1.82, 2.24) is 9.97 Å². The van der Waals surface area contributed by atoms with Crippen molar-refractivity contribution in [3.05, 3.63) is 75.0 Å². The maximum absolute atomic E-state index is 4.17. The molecule has 0 saturated carbocycles. The Bertz CT molecular complexity index is 325. The third-order valence-electron chi connectivity index (χ3n) is 1.59. The van der Waals surface area contributed by atoms with Crippen LogP contribution in [0.4, 0.5) is 0 Å². The van der Waals surface area contributed by atoms with E-state index in [1.54, 1.807) is 12.4 Å². The Morgan fingerprint density at radius 2 is 1.00 bits per heavy atom. The van der Waals surface area contributed by atoms with Gasteiger partial charge < -0.3 is 14.9 Å². The van der Waals surface area contributed by atoms with E-state index < -0.39 is 0 Å². The van der Waals surface area contributed by atoms with Gasteiger partial charge in [-0.25, -0.2) is 0 Å². The Balaban J connectivity index is -0.0000000419. The summed E-state index contributed by atoms with van der Waals surface area (Å²) in [5.41, 5.74) is 2.18. The fourth-order valence-corrected chi connectivity index (χ4v) is 0.992. The largest absolute Gasteiger partial charge is 0.358 e. The Kier molecular flexibility index (Phi) is 55.6. The molecule has 2 nitrogen and oxygen atoms in total. The van der Waals surface area contributed by atoms with Gasteiger partial charge in [0.25, 0.3) is 0 Å². The topological polar surface area (TPSA) is 25.8 Å². The quantitative estimate of drug-likeness (QED) is 0.354. The number of aryl methyl sites for hydroxylation is 2. The van der Waals surface area contributed by atoms with Crippen LogP contribution < -0.4 is 0 Å². The van der Waals surface area contributed by atoms with Crippen molar-refractivity contribution in [2.45, 2.75) is 41.5 Å². The van der Waals surface area contributed by atoms with Crippen LogP contribution in [-0.2, 0) is 39.0 Å². The minimum Gasteiger partial charge on any atom is -0.358 e. The van der Waals surface area contributed by atoms with Crippen LogP contribution in [0, 0.1) is 28.7 Å². The van der Waals surface area contributed by atoms with Crippen LogP contribution in [0.15, 0.2) is 48.8 Å². The van der Waals surface area contributed by atoms with Crippen LogP contribution >= 0.6 is 0 Å². The van der Waals surface area contributed by atoms with Crippen molar-refractivity contribution in [1.29, 1.82) is 0 Å². The summed E-state index contributed by atoms with van der Waals surface area (Å²) in [6.07, 6.45) is 3.50. The van der Waals surface area contributed by atoms with Gasteiger partial charge in [-0.1, -0.05) is 39.8 Å². The summed E-state index contributed by atoms with van der Waals surface area (Å²) in [6, 6.07) is 11.7. The Labute approximate surface area is 165 Å². The summed E-state index contributed by atoms with van der Waals surface area (Å²) in [5, 5.41) is 0. The van der Waals surface area contributed by atoms with Crippen LogP contribution in [0.2, 0.25) is 0 Å². The van der Waals surface area contributed by atoms with Gasteiger partial charge in [-0.05, 0) is 38.1 Å². The smallest absolute Gasteiger partial charge is 0.0375 e. The van der Waals surface area contributed by atoms with Gasteiger partial charge in [0, 0.05) is 62.7 Å². The summed E-state index contributed by atoms with van der Waals surface area (Å²) >= 11 is 0. The second kappa shape index (κ2) is 32.5. The summed E-state index contributed by atoms with van der Waals surface area (Å²) in [4.78, 5) is 7.96. The maximum atomic E-state index is 4.17. The predicted octanol–water partition coefficient (Wildman–Crippen LogP) is 5.73. The van der Waals surface area contributed by atoms with Crippen LogP contribution in [0.3, 0.4) is 0 Å². The van der Waals surface area contributed by atoms with Crippen molar-refractivity contribution in [2.24, 2.45) is 0 Å². The number of hydrogen-bond donors (Lipinski definition) is 0. The van der Waals surface area contributed by atoms with Crippen LogP contribution in [0.25, 0.3) is 0 Å². The molecule has 4 heteroatoms. The monoisotopic (exact) mass is 482 g/mol. The van der Waals surface area contributed by atoms with E-state index in [4.69, 9.17) is 0 Å². The first-order chi connectivity index (χ1) is 8.79. The molecule has 0 unspecified atom stereocenters. The first-order valence-electron chi connectivity index (χ1n) is 6.54. The average molecular weight is 482 g/mol. The molecule has 0 bridgehead atoms. The minimum absolute atomic E-state index is 0. The molecule has 0 saturated heterocycles. The molecule has 2 heterocycles. The van der Waals surface area contributed by atoms with Crippen molar-refractivity contribution >= 4 is 0 Å². The molecule has 0 aliphatic carbocycles. The summed E-state index contributed by atoms with van der Waals surface area (Å²) in [7, 11) is 0. The number of hydrogen-bond acceptors (Lipinski definition) is 2. The van der Waals surface area contributed by atoms with Gasteiger partial charge in [0.15, 0.2) is 0 Å². The van der Waals surface area contributed by atoms with Crippen molar-refractivity contribution in [3.8, 4) is 0 Å². The van der Waals surface area contributed by atoms with Gasteiger partial charge >= 0.3 is 0 Å². The summed E-state index contributed by atoms with van der Waals surface area (Å²) in [6.45, 7) is 12.0. The zero-order valence-electron chi connectivity index (χ0n) is 15.2. The van der Waals surface area contributed by atoms with Crippen molar-refractivity contribution < 1.29 is 39.0 Å². The first-order valence-corrected chi connectivity index (χ1v) is 6.54. The van der Waals surface area contributed by atoms with Crippen LogP contribution in [0.5, 0.6) is 0 Å². The molecule has 0 fully saturated rings. The van der Waals surface area contributed by atoms with Gasteiger partial charge in [-0.3, -0.25) is 9.97 Å². The Morgan fingerprint density at radius 3 is 1.14 bits per heavy atom. The molecule has 2 radical (unpaired) electrons. The van der Waals surface area contributed by atoms with E-state index in [0.717, 1.165) is 11.4 Å². The fourth-order valence-electron chi connectivity index (χ4n) is 0.992. The third-order valence-corrected chi connectivity index (χ3v) is 1.59. The second-order valence-electron chi connectivity index (χ2n) is 2.94. The van der Waals surface area contributed by atoms with Gasteiger partial charge in [0.05, 0.1) is 0 Å². The molecule has 2 rings (SSSR count). The van der Waals surface area contributed by atoms with E-state index in [-0.39, 0.29) is 53.8 Å². The molecule has 0 spiro atoms. The van der Waals surface area contributed by atoms with Crippen molar-refractivity contribution in [3.63, 3.8) is 0 Å².